The number of imidazole rings is 1. The number of nitrogens with one attached hydrogen (secondary N) is 1. The second-order valence-electron chi connectivity index (χ2n) is 6.09. The Kier molecular flexibility index (Phi) is 6.56. The Bertz CT molecular complexity index is 355. The topological polar surface area (TPSA) is 29.9 Å². The van der Waals surface area contributed by atoms with Gasteiger partial charge in [-0.25, -0.2) is 4.98 Å². The zero-order chi connectivity index (χ0) is 14.3. The molecule has 0 radical (unpaired) electrons. The van der Waals surface area contributed by atoms with Gasteiger partial charge in [-0.05, 0) is 31.2 Å². The predicted molar refractivity (Wildman–Crippen MR) is 82.4 cm³/mol. The quantitative estimate of drug-likeness (QED) is 0.739. The molecule has 0 spiro atoms. The molecule has 1 unspecified atom stereocenters. The maximum atomic E-state index is 4.55. The first-order valence-electron chi connectivity index (χ1n) is 7.78. The first kappa shape index (κ1) is 16.2. The molecule has 19 heavy (non-hydrogen) atoms. The van der Waals surface area contributed by atoms with Crippen LogP contribution in [-0.4, -0.2) is 22.1 Å². The molecule has 0 aliphatic heterocycles. The lowest BCUT2D eigenvalue weighted by atomic mass is 9.80. The van der Waals surface area contributed by atoms with Crippen molar-refractivity contribution in [2.45, 2.75) is 72.9 Å². The van der Waals surface area contributed by atoms with E-state index in [1.54, 1.807) is 0 Å². The normalized spacial score (nSPS) is 13.7. The number of nitrogens with zero attached hydrogens (tertiary/aromatic N) is 2. The first-order valence-corrected chi connectivity index (χ1v) is 7.78. The Morgan fingerprint density at radius 1 is 1.26 bits per heavy atom. The molecular weight excluding hydrogens is 234 g/mol. The Morgan fingerprint density at radius 3 is 2.58 bits per heavy atom. The van der Waals surface area contributed by atoms with E-state index in [0.717, 1.165) is 25.9 Å². The fourth-order valence-electron chi connectivity index (χ4n) is 2.35. The predicted octanol–water partition coefficient (Wildman–Crippen LogP) is 3.64. The molecule has 110 valence electrons. The molecule has 1 atom stereocenters. The highest BCUT2D eigenvalue weighted by molar-refractivity contribution is 4.99. The molecule has 1 heterocycles. The fraction of sp³-hybridized carbons (Fsp3) is 0.812. The second kappa shape index (κ2) is 7.68. The second-order valence-corrected chi connectivity index (χ2v) is 6.09. The van der Waals surface area contributed by atoms with Gasteiger partial charge in [-0.3, -0.25) is 0 Å². The van der Waals surface area contributed by atoms with Crippen molar-refractivity contribution in [2.24, 2.45) is 5.41 Å². The Hall–Kier alpha value is -0.830. The Morgan fingerprint density at radius 2 is 2.00 bits per heavy atom. The van der Waals surface area contributed by atoms with Gasteiger partial charge in [0.1, 0.15) is 5.82 Å². The third-order valence-corrected chi connectivity index (χ3v) is 4.15. The minimum Gasteiger partial charge on any atom is -0.335 e. The largest absolute Gasteiger partial charge is 0.335 e. The molecule has 3 heteroatoms. The van der Waals surface area contributed by atoms with Crippen molar-refractivity contribution >= 4 is 0 Å². The number of hydrogen-bond acceptors (Lipinski definition) is 2. The van der Waals surface area contributed by atoms with Crippen molar-refractivity contribution < 1.29 is 0 Å². The van der Waals surface area contributed by atoms with Crippen LogP contribution in [0.25, 0.3) is 0 Å². The zero-order valence-electron chi connectivity index (χ0n) is 13.4. The van der Waals surface area contributed by atoms with Crippen molar-refractivity contribution in [3.05, 3.63) is 18.2 Å². The zero-order valence-corrected chi connectivity index (χ0v) is 13.4. The van der Waals surface area contributed by atoms with Crippen LogP contribution in [0.4, 0.5) is 0 Å². The summed E-state index contributed by atoms with van der Waals surface area (Å²) in [5.74, 6) is 1.22. The SMILES string of the molecule is CCCNC(Cc1nccn1CCC)C(C)(C)CC. The van der Waals surface area contributed by atoms with Crippen LogP contribution < -0.4 is 5.32 Å². The van der Waals surface area contributed by atoms with E-state index in [9.17, 15) is 0 Å². The first-order chi connectivity index (χ1) is 9.05. The van der Waals surface area contributed by atoms with Crippen molar-refractivity contribution in [3.8, 4) is 0 Å². The highest BCUT2D eigenvalue weighted by Gasteiger charge is 2.28. The van der Waals surface area contributed by atoms with Crippen LogP contribution in [0.3, 0.4) is 0 Å². The molecule has 1 N–H and O–H groups in total. The van der Waals surface area contributed by atoms with E-state index in [1.807, 2.05) is 6.20 Å². The van der Waals surface area contributed by atoms with Gasteiger partial charge < -0.3 is 9.88 Å². The van der Waals surface area contributed by atoms with Crippen LogP contribution in [0.2, 0.25) is 0 Å². The van der Waals surface area contributed by atoms with Crippen LogP contribution in [0.1, 0.15) is 59.7 Å². The fourth-order valence-corrected chi connectivity index (χ4v) is 2.35. The van der Waals surface area contributed by atoms with Crippen molar-refractivity contribution in [2.75, 3.05) is 6.54 Å². The Labute approximate surface area is 118 Å². The molecule has 0 aliphatic rings. The molecule has 0 saturated heterocycles. The van der Waals surface area contributed by atoms with E-state index in [-0.39, 0.29) is 0 Å². The number of rotatable bonds is 9. The van der Waals surface area contributed by atoms with Gasteiger partial charge in [0.25, 0.3) is 0 Å². The smallest absolute Gasteiger partial charge is 0.110 e. The van der Waals surface area contributed by atoms with Crippen LogP contribution in [0.15, 0.2) is 12.4 Å². The van der Waals surface area contributed by atoms with Crippen LogP contribution >= 0.6 is 0 Å². The average Bonchev–Trinajstić information content (AvgIpc) is 2.82. The molecule has 0 aliphatic carbocycles. The van der Waals surface area contributed by atoms with Gasteiger partial charge in [0, 0.05) is 31.4 Å². The molecule has 1 aromatic heterocycles. The van der Waals surface area contributed by atoms with E-state index in [1.165, 1.54) is 18.7 Å². The molecule has 0 bridgehead atoms. The summed E-state index contributed by atoms with van der Waals surface area (Å²) in [5, 5.41) is 3.71. The highest BCUT2D eigenvalue weighted by atomic mass is 15.1. The van der Waals surface area contributed by atoms with E-state index >= 15 is 0 Å². The van der Waals surface area contributed by atoms with Crippen LogP contribution in [0.5, 0.6) is 0 Å². The monoisotopic (exact) mass is 265 g/mol. The summed E-state index contributed by atoms with van der Waals surface area (Å²) < 4.78 is 2.30. The standard InChI is InChI=1S/C16H31N3/c1-6-9-17-14(16(4,5)8-3)13-15-18-10-12-19(15)11-7-2/h10,12,14,17H,6-9,11,13H2,1-5H3. The van der Waals surface area contributed by atoms with Crippen molar-refractivity contribution in [1.82, 2.24) is 14.9 Å². The van der Waals surface area contributed by atoms with E-state index in [2.05, 4.69) is 55.7 Å². The minimum absolute atomic E-state index is 0.304. The maximum absolute atomic E-state index is 4.55. The van der Waals surface area contributed by atoms with Gasteiger partial charge in [-0.1, -0.05) is 34.6 Å². The van der Waals surface area contributed by atoms with Crippen LogP contribution in [0, 0.1) is 5.41 Å². The average molecular weight is 265 g/mol. The number of hydrogen-bond donors (Lipinski definition) is 1. The van der Waals surface area contributed by atoms with Crippen molar-refractivity contribution in [1.29, 1.82) is 0 Å². The summed E-state index contributed by atoms with van der Waals surface area (Å²) in [4.78, 5) is 4.55. The van der Waals surface area contributed by atoms with Gasteiger partial charge >= 0.3 is 0 Å². The molecule has 3 nitrogen and oxygen atoms in total. The molecule has 0 aromatic carbocycles. The summed E-state index contributed by atoms with van der Waals surface area (Å²) in [6, 6.07) is 0.496. The Balaban J connectivity index is 2.78. The van der Waals surface area contributed by atoms with Gasteiger partial charge in [0.05, 0.1) is 0 Å². The third-order valence-electron chi connectivity index (χ3n) is 4.15. The maximum Gasteiger partial charge on any atom is 0.110 e. The highest BCUT2D eigenvalue weighted by Crippen LogP contribution is 2.27. The summed E-state index contributed by atoms with van der Waals surface area (Å²) in [7, 11) is 0. The van der Waals surface area contributed by atoms with Crippen LogP contribution in [-0.2, 0) is 13.0 Å². The molecular formula is C16H31N3. The number of aryl methyl sites for hydroxylation is 1. The molecule has 0 fully saturated rings. The lowest BCUT2D eigenvalue weighted by Gasteiger charge is -2.34. The molecule has 0 saturated carbocycles. The van der Waals surface area contributed by atoms with Crippen molar-refractivity contribution in [3.63, 3.8) is 0 Å². The number of aromatic nitrogens is 2. The lowest BCUT2D eigenvalue weighted by Crippen LogP contribution is -2.44. The van der Waals surface area contributed by atoms with E-state index in [0.29, 0.717) is 11.5 Å². The van der Waals surface area contributed by atoms with Gasteiger partial charge in [0.2, 0.25) is 0 Å². The third kappa shape index (κ3) is 4.64. The summed E-state index contributed by atoms with van der Waals surface area (Å²) in [6.45, 7) is 13.6. The van der Waals surface area contributed by atoms with Gasteiger partial charge in [0.15, 0.2) is 0 Å². The summed E-state index contributed by atoms with van der Waals surface area (Å²) in [6.07, 6.45) is 8.58. The van der Waals surface area contributed by atoms with Gasteiger partial charge in [-0.2, -0.15) is 0 Å². The van der Waals surface area contributed by atoms with E-state index < -0.39 is 0 Å². The molecule has 1 aromatic rings. The summed E-state index contributed by atoms with van der Waals surface area (Å²) >= 11 is 0. The van der Waals surface area contributed by atoms with E-state index in [4.69, 9.17) is 0 Å². The van der Waals surface area contributed by atoms with Gasteiger partial charge in [-0.15, -0.1) is 0 Å². The minimum atomic E-state index is 0.304. The molecule has 1 rings (SSSR count). The molecule has 0 amide bonds. The summed E-state index contributed by atoms with van der Waals surface area (Å²) in [5.41, 5.74) is 0.304. The lowest BCUT2D eigenvalue weighted by molar-refractivity contribution is 0.226.